The molecule has 6 nitrogen and oxygen atoms in total. The van der Waals surface area contributed by atoms with Crippen LogP contribution in [0.25, 0.3) is 0 Å². The Kier molecular flexibility index (Phi) is 5.88. The van der Waals surface area contributed by atoms with Crippen LogP contribution < -0.4 is 5.32 Å². The van der Waals surface area contributed by atoms with Crippen LogP contribution in [-0.4, -0.2) is 46.5 Å². The van der Waals surface area contributed by atoms with Gasteiger partial charge in [0.15, 0.2) is 0 Å². The second-order valence-corrected chi connectivity index (χ2v) is 3.49. The van der Waals surface area contributed by atoms with Gasteiger partial charge in [-0.15, -0.1) is 0 Å². The van der Waals surface area contributed by atoms with Gasteiger partial charge in [0.2, 0.25) is 5.91 Å². The Hall–Kier alpha value is -1.14. The highest BCUT2D eigenvalue weighted by Gasteiger charge is 2.26. The lowest BCUT2D eigenvalue weighted by atomic mass is 9.95. The summed E-state index contributed by atoms with van der Waals surface area (Å²) in [7, 11) is 0. The van der Waals surface area contributed by atoms with E-state index >= 15 is 0 Å². The smallest absolute Gasteiger partial charge is 0.307 e. The summed E-state index contributed by atoms with van der Waals surface area (Å²) in [6.45, 7) is 2.16. The molecule has 15 heavy (non-hydrogen) atoms. The average molecular weight is 219 g/mol. The van der Waals surface area contributed by atoms with E-state index in [0.29, 0.717) is 0 Å². The van der Waals surface area contributed by atoms with Crippen LogP contribution in [0.2, 0.25) is 0 Å². The molecule has 0 radical (unpaired) electrons. The Morgan fingerprint density at radius 1 is 1.13 bits per heavy atom. The molecular weight excluding hydrogens is 202 g/mol. The summed E-state index contributed by atoms with van der Waals surface area (Å²) >= 11 is 0. The van der Waals surface area contributed by atoms with E-state index in [2.05, 4.69) is 5.32 Å². The van der Waals surface area contributed by atoms with E-state index in [-0.39, 0.29) is 13.2 Å². The Labute approximate surface area is 87.9 Å². The van der Waals surface area contributed by atoms with Gasteiger partial charge in [0.1, 0.15) is 0 Å². The maximum Gasteiger partial charge on any atom is 0.307 e. The first-order valence-electron chi connectivity index (χ1n) is 4.68. The summed E-state index contributed by atoms with van der Waals surface area (Å²) < 4.78 is 0. The minimum atomic E-state index is -1.05. The van der Waals surface area contributed by atoms with Crippen LogP contribution >= 0.6 is 0 Å². The Bertz CT molecular complexity index is 227. The zero-order valence-corrected chi connectivity index (χ0v) is 8.80. The minimum Gasteiger partial charge on any atom is -0.481 e. The fraction of sp³-hybridized carbons (Fsp3) is 0.778. The van der Waals surface area contributed by atoms with Crippen LogP contribution in [0, 0.1) is 11.8 Å². The van der Waals surface area contributed by atoms with Crippen molar-refractivity contribution in [3.63, 3.8) is 0 Å². The minimum absolute atomic E-state index is 0.379. The van der Waals surface area contributed by atoms with Gasteiger partial charge in [-0.25, -0.2) is 0 Å². The first-order valence-corrected chi connectivity index (χ1v) is 4.68. The molecule has 0 saturated carbocycles. The predicted octanol–water partition coefficient (Wildman–Crippen LogP) is -1.19. The molecule has 6 heteroatoms. The molecule has 88 valence electrons. The third-order valence-electron chi connectivity index (χ3n) is 2.34. The molecule has 0 aromatic heterocycles. The van der Waals surface area contributed by atoms with E-state index in [1.54, 1.807) is 0 Å². The molecular formula is C9H17NO5. The number of aliphatic carboxylic acids is 1. The van der Waals surface area contributed by atoms with Crippen molar-refractivity contribution in [3.05, 3.63) is 0 Å². The molecule has 0 bridgehead atoms. The molecule has 1 amide bonds. The fourth-order valence-corrected chi connectivity index (χ4v) is 0.923. The zero-order valence-electron chi connectivity index (χ0n) is 8.80. The molecule has 2 atom stereocenters. The second-order valence-electron chi connectivity index (χ2n) is 3.49. The molecule has 0 aromatic rings. The molecule has 0 aromatic carbocycles. The molecule has 0 heterocycles. The molecule has 0 saturated heterocycles. The molecule has 0 spiro atoms. The number of carboxylic acid groups (broad SMARTS) is 1. The number of amides is 1. The first-order chi connectivity index (χ1) is 6.93. The van der Waals surface area contributed by atoms with Crippen molar-refractivity contribution in [3.8, 4) is 0 Å². The molecule has 0 aliphatic carbocycles. The number of nitrogens with one attached hydrogen (secondary N) is 1. The van der Waals surface area contributed by atoms with E-state index in [9.17, 15) is 9.59 Å². The number of carboxylic acids is 1. The molecule has 4 N–H and O–H groups in total. The van der Waals surface area contributed by atoms with Gasteiger partial charge >= 0.3 is 5.97 Å². The number of hydrogen-bond donors (Lipinski definition) is 4. The fourth-order valence-electron chi connectivity index (χ4n) is 0.923. The lowest BCUT2D eigenvalue weighted by Gasteiger charge is -2.19. The molecule has 2 unspecified atom stereocenters. The van der Waals surface area contributed by atoms with Gasteiger partial charge in [-0.3, -0.25) is 9.59 Å². The van der Waals surface area contributed by atoms with E-state index in [1.165, 1.54) is 13.8 Å². The Balaban J connectivity index is 4.26. The summed E-state index contributed by atoms with van der Waals surface area (Å²) in [6, 6.07) is -0.735. The highest BCUT2D eigenvalue weighted by atomic mass is 16.4. The van der Waals surface area contributed by atoms with E-state index in [4.69, 9.17) is 15.3 Å². The van der Waals surface area contributed by atoms with Gasteiger partial charge in [0.25, 0.3) is 0 Å². The Morgan fingerprint density at radius 2 is 1.60 bits per heavy atom. The molecule has 0 aliphatic heterocycles. The number of carbonyl (C=O) groups is 2. The number of aliphatic hydroxyl groups excluding tert-OH is 2. The van der Waals surface area contributed by atoms with Crippen molar-refractivity contribution in [1.29, 1.82) is 0 Å². The monoisotopic (exact) mass is 219 g/mol. The first kappa shape index (κ1) is 13.9. The SMILES string of the molecule is CC(C(=O)O)C(C)C(=O)NC(CO)CO. The van der Waals surface area contributed by atoms with Crippen LogP contribution in [0.4, 0.5) is 0 Å². The average Bonchev–Trinajstić information content (AvgIpc) is 2.23. The van der Waals surface area contributed by atoms with Gasteiger partial charge in [0.05, 0.1) is 25.2 Å². The van der Waals surface area contributed by atoms with Gasteiger partial charge in [-0.1, -0.05) is 13.8 Å². The zero-order chi connectivity index (χ0) is 12.0. The van der Waals surface area contributed by atoms with Crippen LogP contribution in [0.3, 0.4) is 0 Å². The topological polar surface area (TPSA) is 107 Å². The Morgan fingerprint density at radius 3 is 1.93 bits per heavy atom. The maximum atomic E-state index is 11.4. The number of carbonyl (C=O) groups excluding carboxylic acids is 1. The van der Waals surface area contributed by atoms with Crippen molar-refractivity contribution < 1.29 is 24.9 Å². The summed E-state index contributed by atoms with van der Waals surface area (Å²) in [4.78, 5) is 22.0. The van der Waals surface area contributed by atoms with E-state index < -0.39 is 29.8 Å². The highest BCUT2D eigenvalue weighted by Crippen LogP contribution is 2.11. The molecule has 0 aliphatic rings. The van der Waals surface area contributed by atoms with Crippen molar-refractivity contribution in [2.45, 2.75) is 19.9 Å². The van der Waals surface area contributed by atoms with E-state index in [1.807, 2.05) is 0 Å². The number of aliphatic hydroxyl groups is 2. The lowest BCUT2D eigenvalue weighted by molar-refractivity contribution is -0.146. The highest BCUT2D eigenvalue weighted by molar-refractivity contribution is 5.84. The van der Waals surface area contributed by atoms with Crippen LogP contribution in [0.5, 0.6) is 0 Å². The van der Waals surface area contributed by atoms with Crippen molar-refractivity contribution >= 4 is 11.9 Å². The van der Waals surface area contributed by atoms with Gasteiger partial charge < -0.3 is 20.6 Å². The quantitative estimate of drug-likeness (QED) is 0.449. The largest absolute Gasteiger partial charge is 0.481 e. The summed E-state index contributed by atoms with van der Waals surface area (Å²) in [5.74, 6) is -3.05. The van der Waals surface area contributed by atoms with Crippen LogP contribution in [-0.2, 0) is 9.59 Å². The maximum absolute atomic E-state index is 11.4. The van der Waals surface area contributed by atoms with Gasteiger partial charge in [-0.2, -0.15) is 0 Å². The summed E-state index contributed by atoms with van der Waals surface area (Å²) in [6.07, 6.45) is 0. The molecule has 0 fully saturated rings. The standard InChI is InChI=1S/C9H17NO5/c1-5(6(2)9(14)15)8(13)10-7(3-11)4-12/h5-7,11-12H,3-4H2,1-2H3,(H,10,13)(H,14,15). The third-order valence-corrected chi connectivity index (χ3v) is 2.34. The number of hydrogen-bond acceptors (Lipinski definition) is 4. The third kappa shape index (κ3) is 4.26. The predicted molar refractivity (Wildman–Crippen MR) is 52.1 cm³/mol. The van der Waals surface area contributed by atoms with Crippen LogP contribution in [0.15, 0.2) is 0 Å². The second kappa shape index (κ2) is 6.36. The lowest BCUT2D eigenvalue weighted by Crippen LogP contribution is -2.44. The van der Waals surface area contributed by atoms with Crippen molar-refractivity contribution in [2.24, 2.45) is 11.8 Å². The van der Waals surface area contributed by atoms with Crippen LogP contribution in [0.1, 0.15) is 13.8 Å². The van der Waals surface area contributed by atoms with Gasteiger partial charge in [0, 0.05) is 5.92 Å². The van der Waals surface area contributed by atoms with Crippen molar-refractivity contribution in [2.75, 3.05) is 13.2 Å². The summed E-state index contributed by atoms with van der Waals surface area (Å²) in [5, 5.41) is 28.4. The summed E-state index contributed by atoms with van der Waals surface area (Å²) in [5.41, 5.74) is 0. The number of rotatable bonds is 6. The normalized spacial score (nSPS) is 14.7. The van der Waals surface area contributed by atoms with Crippen molar-refractivity contribution in [1.82, 2.24) is 5.32 Å². The van der Waals surface area contributed by atoms with Gasteiger partial charge in [-0.05, 0) is 0 Å². The molecule has 0 rings (SSSR count). The van der Waals surface area contributed by atoms with E-state index in [0.717, 1.165) is 0 Å².